The van der Waals surface area contributed by atoms with Crippen molar-refractivity contribution >= 4 is 29.6 Å². The Bertz CT molecular complexity index is 1020. The Labute approximate surface area is 198 Å². The molecule has 1 saturated carbocycles. The summed E-state index contributed by atoms with van der Waals surface area (Å²) in [5, 5.41) is 12.5. The summed E-state index contributed by atoms with van der Waals surface area (Å²) < 4.78 is 6.02. The van der Waals surface area contributed by atoms with Gasteiger partial charge in [0.1, 0.15) is 23.9 Å². The topological polar surface area (TPSA) is 95.3 Å². The summed E-state index contributed by atoms with van der Waals surface area (Å²) in [6, 6.07) is 10.9. The summed E-state index contributed by atoms with van der Waals surface area (Å²) in [5.74, 6) is 1.54. The molecular formula is C25H27ClN4O3. The molecule has 8 heteroatoms. The average molecular weight is 467 g/mol. The summed E-state index contributed by atoms with van der Waals surface area (Å²) in [6.07, 6.45) is 7.74. The van der Waals surface area contributed by atoms with Gasteiger partial charge >= 0.3 is 0 Å². The predicted octanol–water partition coefficient (Wildman–Crippen LogP) is 4.14. The lowest BCUT2D eigenvalue weighted by Gasteiger charge is -2.31. The monoisotopic (exact) mass is 466 g/mol. The van der Waals surface area contributed by atoms with Gasteiger partial charge in [0.05, 0.1) is 22.3 Å². The molecule has 4 rings (SSSR count). The van der Waals surface area contributed by atoms with Gasteiger partial charge in [0.25, 0.3) is 5.91 Å². The number of rotatable bonds is 6. The number of pyridine rings is 1. The standard InChI is InChI=1S/C25H27ClN4O3/c26-23-13-22(5-1-18(23)14-27)33-21-6-3-20(4-7-21)29-25(32)19-2-8-24(28-15-19)30-11-9-17(16-31)10-12-30/h1-2,5,8,13,15-17,20-21H,3-4,6-7,9-12H2,(H,29,32)/t20-,21+. The van der Waals surface area contributed by atoms with E-state index in [-0.39, 0.29) is 24.0 Å². The fourth-order valence-electron chi connectivity index (χ4n) is 4.42. The second-order valence-electron chi connectivity index (χ2n) is 8.68. The van der Waals surface area contributed by atoms with Crippen LogP contribution in [0.15, 0.2) is 36.5 Å². The maximum absolute atomic E-state index is 12.7. The van der Waals surface area contributed by atoms with Gasteiger partial charge in [0, 0.05) is 37.3 Å². The molecule has 1 aromatic carbocycles. The number of carbonyl (C=O) groups is 2. The van der Waals surface area contributed by atoms with Gasteiger partial charge in [0.15, 0.2) is 0 Å². The third-order valence-corrected chi connectivity index (χ3v) is 6.75. The third kappa shape index (κ3) is 5.82. The molecular weight excluding hydrogens is 440 g/mol. The minimum Gasteiger partial charge on any atom is -0.490 e. The van der Waals surface area contributed by atoms with Gasteiger partial charge in [-0.25, -0.2) is 4.98 Å². The third-order valence-electron chi connectivity index (χ3n) is 6.44. The number of halogens is 1. The number of ether oxygens (including phenoxy) is 1. The van der Waals surface area contributed by atoms with Crippen LogP contribution in [0.2, 0.25) is 5.02 Å². The number of amides is 1. The minimum atomic E-state index is -0.114. The molecule has 1 saturated heterocycles. The molecule has 1 aromatic heterocycles. The van der Waals surface area contributed by atoms with Crippen molar-refractivity contribution in [2.45, 2.75) is 50.7 Å². The number of benzene rings is 1. The summed E-state index contributed by atoms with van der Waals surface area (Å²) in [5.41, 5.74) is 0.979. The van der Waals surface area contributed by atoms with Gasteiger partial charge in [0.2, 0.25) is 0 Å². The molecule has 1 N–H and O–H groups in total. The maximum atomic E-state index is 12.7. The maximum Gasteiger partial charge on any atom is 0.253 e. The Balaban J connectivity index is 1.24. The molecule has 2 heterocycles. The quantitative estimate of drug-likeness (QED) is 0.643. The normalized spacial score (nSPS) is 21.2. The van der Waals surface area contributed by atoms with E-state index in [1.165, 1.54) is 0 Å². The van der Waals surface area contributed by atoms with Crippen molar-refractivity contribution in [1.29, 1.82) is 5.26 Å². The number of aldehydes is 1. The minimum absolute atomic E-state index is 0.0615. The smallest absolute Gasteiger partial charge is 0.253 e. The van der Waals surface area contributed by atoms with Crippen LogP contribution in [0.25, 0.3) is 0 Å². The molecule has 33 heavy (non-hydrogen) atoms. The van der Waals surface area contributed by atoms with E-state index < -0.39 is 0 Å². The largest absolute Gasteiger partial charge is 0.490 e. The first-order chi connectivity index (χ1) is 16.1. The first-order valence-corrected chi connectivity index (χ1v) is 11.8. The highest BCUT2D eigenvalue weighted by Crippen LogP contribution is 2.27. The fraction of sp³-hybridized carbons (Fsp3) is 0.440. The molecule has 2 aromatic rings. The molecule has 7 nitrogen and oxygen atoms in total. The molecule has 0 radical (unpaired) electrons. The van der Waals surface area contributed by atoms with Crippen LogP contribution in [0.4, 0.5) is 5.82 Å². The van der Waals surface area contributed by atoms with Crippen LogP contribution < -0.4 is 15.0 Å². The van der Waals surface area contributed by atoms with E-state index in [0.717, 1.165) is 63.7 Å². The number of aromatic nitrogens is 1. The lowest BCUT2D eigenvalue weighted by molar-refractivity contribution is -0.111. The van der Waals surface area contributed by atoms with Gasteiger partial charge < -0.3 is 19.7 Å². The number of nitrogens with one attached hydrogen (secondary N) is 1. The van der Waals surface area contributed by atoms with Crippen molar-refractivity contribution in [2.24, 2.45) is 5.92 Å². The first kappa shape index (κ1) is 23.1. The van der Waals surface area contributed by atoms with E-state index in [9.17, 15) is 9.59 Å². The molecule has 172 valence electrons. The number of hydrogen-bond donors (Lipinski definition) is 1. The van der Waals surface area contributed by atoms with Crippen LogP contribution in [-0.2, 0) is 4.79 Å². The first-order valence-electron chi connectivity index (χ1n) is 11.4. The van der Waals surface area contributed by atoms with E-state index in [2.05, 4.69) is 15.2 Å². The average Bonchev–Trinajstić information content (AvgIpc) is 2.85. The Morgan fingerprint density at radius 3 is 2.52 bits per heavy atom. The van der Waals surface area contributed by atoms with Crippen LogP contribution in [-0.4, -0.2) is 42.4 Å². The van der Waals surface area contributed by atoms with Crippen molar-refractivity contribution in [2.75, 3.05) is 18.0 Å². The summed E-state index contributed by atoms with van der Waals surface area (Å²) >= 11 is 6.08. The Kier molecular flexibility index (Phi) is 7.46. The Morgan fingerprint density at radius 1 is 1.15 bits per heavy atom. The number of hydrogen-bond acceptors (Lipinski definition) is 6. The van der Waals surface area contributed by atoms with Gasteiger partial charge in [-0.2, -0.15) is 5.26 Å². The number of anilines is 1. The van der Waals surface area contributed by atoms with Crippen molar-refractivity contribution in [3.8, 4) is 11.8 Å². The summed E-state index contributed by atoms with van der Waals surface area (Å²) in [7, 11) is 0. The Morgan fingerprint density at radius 2 is 1.91 bits per heavy atom. The zero-order valence-electron chi connectivity index (χ0n) is 18.4. The summed E-state index contributed by atoms with van der Waals surface area (Å²) in [4.78, 5) is 30.2. The fourth-order valence-corrected chi connectivity index (χ4v) is 4.63. The SMILES string of the molecule is N#Cc1ccc(O[C@H]2CC[C@@H](NC(=O)c3ccc(N4CCC(C=O)CC4)nc3)CC2)cc1Cl. The highest BCUT2D eigenvalue weighted by Gasteiger charge is 2.25. The number of carbonyl (C=O) groups excluding carboxylic acids is 2. The molecule has 2 aliphatic rings. The van der Waals surface area contributed by atoms with Crippen molar-refractivity contribution in [3.63, 3.8) is 0 Å². The molecule has 0 unspecified atom stereocenters. The van der Waals surface area contributed by atoms with E-state index in [1.54, 1.807) is 24.4 Å². The van der Waals surface area contributed by atoms with Gasteiger partial charge in [-0.3, -0.25) is 4.79 Å². The number of nitrogens with zero attached hydrogens (tertiary/aromatic N) is 3. The van der Waals surface area contributed by atoms with Crippen molar-refractivity contribution in [1.82, 2.24) is 10.3 Å². The molecule has 1 aliphatic carbocycles. The van der Waals surface area contributed by atoms with E-state index in [0.29, 0.717) is 21.9 Å². The van der Waals surface area contributed by atoms with Gasteiger partial charge in [-0.1, -0.05) is 11.6 Å². The second-order valence-corrected chi connectivity index (χ2v) is 9.09. The van der Waals surface area contributed by atoms with Gasteiger partial charge in [-0.15, -0.1) is 0 Å². The second kappa shape index (κ2) is 10.7. The molecule has 1 aliphatic heterocycles. The summed E-state index contributed by atoms with van der Waals surface area (Å²) in [6.45, 7) is 1.61. The molecule has 0 spiro atoms. The van der Waals surface area contributed by atoms with Crippen molar-refractivity contribution < 1.29 is 14.3 Å². The molecule has 2 fully saturated rings. The van der Waals surface area contributed by atoms with E-state index in [1.807, 2.05) is 18.2 Å². The zero-order valence-corrected chi connectivity index (χ0v) is 19.1. The van der Waals surface area contributed by atoms with Crippen LogP contribution in [0.5, 0.6) is 5.75 Å². The highest BCUT2D eigenvalue weighted by atomic mass is 35.5. The predicted molar refractivity (Wildman–Crippen MR) is 126 cm³/mol. The molecule has 0 atom stereocenters. The zero-order chi connectivity index (χ0) is 23.2. The van der Waals surface area contributed by atoms with Gasteiger partial charge in [-0.05, 0) is 62.8 Å². The lowest BCUT2D eigenvalue weighted by atomic mass is 9.92. The molecule has 0 bridgehead atoms. The van der Waals surface area contributed by atoms with E-state index in [4.69, 9.17) is 21.6 Å². The number of piperidine rings is 1. The van der Waals surface area contributed by atoms with Crippen LogP contribution in [0.3, 0.4) is 0 Å². The van der Waals surface area contributed by atoms with Crippen LogP contribution in [0.1, 0.15) is 54.4 Å². The van der Waals surface area contributed by atoms with Crippen molar-refractivity contribution in [3.05, 3.63) is 52.7 Å². The van der Waals surface area contributed by atoms with Crippen LogP contribution >= 0.6 is 11.6 Å². The number of nitriles is 1. The van der Waals surface area contributed by atoms with E-state index >= 15 is 0 Å². The highest BCUT2D eigenvalue weighted by molar-refractivity contribution is 6.31. The lowest BCUT2D eigenvalue weighted by Crippen LogP contribution is -2.39. The molecule has 1 amide bonds. The Hall–Kier alpha value is -3.11. The van der Waals surface area contributed by atoms with Crippen LogP contribution in [0, 0.1) is 17.2 Å².